The van der Waals surface area contributed by atoms with E-state index in [9.17, 15) is 12.8 Å². The van der Waals surface area contributed by atoms with Gasteiger partial charge in [-0.15, -0.1) is 11.6 Å². The molecule has 0 fully saturated rings. The van der Waals surface area contributed by atoms with Crippen molar-refractivity contribution in [2.75, 3.05) is 16.4 Å². The van der Waals surface area contributed by atoms with Gasteiger partial charge in [-0.25, -0.2) is 12.8 Å². The van der Waals surface area contributed by atoms with E-state index in [1.807, 2.05) is 0 Å². The summed E-state index contributed by atoms with van der Waals surface area (Å²) >= 11 is 5.40. The maximum atomic E-state index is 13.3. The maximum Gasteiger partial charge on any atom is 0.232 e. The molecule has 0 unspecified atom stereocenters. The largest absolute Gasteiger partial charge is 0.281 e. The van der Waals surface area contributed by atoms with Crippen LogP contribution in [0.3, 0.4) is 0 Å². The van der Waals surface area contributed by atoms with Crippen LogP contribution in [0, 0.1) is 12.7 Å². The minimum atomic E-state index is -3.51. The van der Waals surface area contributed by atoms with Crippen molar-refractivity contribution in [3.05, 3.63) is 29.6 Å². The Morgan fingerprint density at radius 1 is 1.44 bits per heavy atom. The molecule has 1 N–H and O–H groups in total. The van der Waals surface area contributed by atoms with E-state index in [0.29, 0.717) is 6.42 Å². The number of rotatable bonds is 5. The molecule has 0 aliphatic carbocycles. The highest BCUT2D eigenvalue weighted by molar-refractivity contribution is 7.92. The van der Waals surface area contributed by atoms with E-state index in [1.165, 1.54) is 12.1 Å². The van der Waals surface area contributed by atoms with Gasteiger partial charge in [0.25, 0.3) is 0 Å². The van der Waals surface area contributed by atoms with Gasteiger partial charge in [0.05, 0.1) is 11.4 Å². The van der Waals surface area contributed by atoms with Crippen LogP contribution in [0.4, 0.5) is 10.1 Å². The predicted molar refractivity (Wildman–Crippen MR) is 63.9 cm³/mol. The molecule has 16 heavy (non-hydrogen) atoms. The number of anilines is 1. The normalized spacial score (nSPS) is 11.4. The minimum Gasteiger partial charge on any atom is -0.281 e. The lowest BCUT2D eigenvalue weighted by Gasteiger charge is -2.08. The first-order valence-electron chi connectivity index (χ1n) is 4.77. The van der Waals surface area contributed by atoms with Crippen LogP contribution in [0.2, 0.25) is 0 Å². The molecule has 1 aromatic carbocycles. The molecule has 0 bridgehead atoms. The predicted octanol–water partition coefficient (Wildman–Crippen LogP) is 2.50. The van der Waals surface area contributed by atoms with Crippen molar-refractivity contribution in [3.63, 3.8) is 0 Å². The van der Waals surface area contributed by atoms with Crippen LogP contribution >= 0.6 is 11.6 Å². The van der Waals surface area contributed by atoms with Gasteiger partial charge < -0.3 is 0 Å². The summed E-state index contributed by atoms with van der Waals surface area (Å²) in [6.07, 6.45) is 0.338. The fourth-order valence-electron chi connectivity index (χ4n) is 1.18. The lowest BCUT2D eigenvalue weighted by molar-refractivity contribution is 0.597. The van der Waals surface area contributed by atoms with Crippen molar-refractivity contribution in [2.24, 2.45) is 0 Å². The molecule has 0 saturated carbocycles. The molecule has 1 rings (SSSR count). The number of aryl methyl sites for hydroxylation is 1. The fourth-order valence-corrected chi connectivity index (χ4v) is 2.59. The second kappa shape index (κ2) is 5.50. The van der Waals surface area contributed by atoms with Gasteiger partial charge in [-0.1, -0.05) is 6.07 Å². The summed E-state index contributed by atoms with van der Waals surface area (Å²) in [5, 5.41) is 0. The van der Waals surface area contributed by atoms with Gasteiger partial charge in [-0.05, 0) is 31.0 Å². The molecule has 0 saturated heterocycles. The number of benzene rings is 1. The van der Waals surface area contributed by atoms with E-state index < -0.39 is 15.8 Å². The van der Waals surface area contributed by atoms with E-state index in [4.69, 9.17) is 11.6 Å². The number of hydrogen-bond donors (Lipinski definition) is 1. The third kappa shape index (κ3) is 3.98. The molecule has 6 heteroatoms. The van der Waals surface area contributed by atoms with Crippen molar-refractivity contribution in [1.82, 2.24) is 0 Å². The smallest absolute Gasteiger partial charge is 0.232 e. The quantitative estimate of drug-likeness (QED) is 0.832. The zero-order valence-corrected chi connectivity index (χ0v) is 10.4. The Hall–Kier alpha value is -0.810. The Labute approximate surface area is 99.7 Å². The molecular formula is C10H13ClFNO2S. The Morgan fingerprint density at radius 3 is 2.75 bits per heavy atom. The Kier molecular flexibility index (Phi) is 4.56. The lowest BCUT2D eigenvalue weighted by Crippen LogP contribution is -2.17. The molecule has 3 nitrogen and oxygen atoms in total. The van der Waals surface area contributed by atoms with Crippen LogP contribution in [-0.4, -0.2) is 20.1 Å². The highest BCUT2D eigenvalue weighted by Gasteiger charge is 2.12. The van der Waals surface area contributed by atoms with Crippen molar-refractivity contribution in [1.29, 1.82) is 0 Å². The summed E-state index contributed by atoms with van der Waals surface area (Å²) in [6.45, 7) is 1.76. The Bertz CT molecular complexity index is 462. The van der Waals surface area contributed by atoms with Gasteiger partial charge in [0.2, 0.25) is 10.0 Å². The van der Waals surface area contributed by atoms with Gasteiger partial charge in [0.1, 0.15) is 5.82 Å². The van der Waals surface area contributed by atoms with Gasteiger partial charge in [0.15, 0.2) is 0 Å². The Balaban J connectivity index is 2.83. The molecule has 0 radical (unpaired) electrons. The van der Waals surface area contributed by atoms with Crippen LogP contribution in [0.25, 0.3) is 0 Å². The van der Waals surface area contributed by atoms with E-state index in [-0.39, 0.29) is 17.3 Å². The third-order valence-corrected chi connectivity index (χ3v) is 3.56. The van der Waals surface area contributed by atoms with Crippen LogP contribution in [0.15, 0.2) is 18.2 Å². The standard InChI is InChI=1S/C10H13ClFNO2S/c1-8-3-4-9(12)10(7-8)13-16(14,15)6-2-5-11/h3-4,7,13H,2,5-6H2,1H3. The summed E-state index contributed by atoms with van der Waals surface area (Å²) in [7, 11) is -3.51. The number of alkyl halides is 1. The minimum absolute atomic E-state index is 0.0189. The summed E-state index contributed by atoms with van der Waals surface area (Å²) < 4.78 is 38.4. The summed E-state index contributed by atoms with van der Waals surface area (Å²) in [5.41, 5.74) is 0.769. The Morgan fingerprint density at radius 2 is 2.12 bits per heavy atom. The molecule has 0 aliphatic heterocycles. The zero-order chi connectivity index (χ0) is 12.2. The van der Waals surface area contributed by atoms with Gasteiger partial charge >= 0.3 is 0 Å². The summed E-state index contributed by atoms with van der Waals surface area (Å²) in [4.78, 5) is 0. The van der Waals surface area contributed by atoms with Crippen molar-refractivity contribution < 1.29 is 12.8 Å². The second-order valence-electron chi connectivity index (χ2n) is 3.45. The average Bonchev–Trinajstić information content (AvgIpc) is 2.20. The molecule has 0 spiro atoms. The summed E-state index contributed by atoms with van der Waals surface area (Å²) in [5.74, 6) is -0.429. The second-order valence-corrected chi connectivity index (χ2v) is 5.67. The van der Waals surface area contributed by atoms with E-state index in [2.05, 4.69) is 4.72 Å². The molecule has 90 valence electrons. The lowest BCUT2D eigenvalue weighted by atomic mass is 10.2. The average molecular weight is 266 g/mol. The maximum absolute atomic E-state index is 13.3. The molecule has 0 amide bonds. The van der Waals surface area contributed by atoms with Gasteiger partial charge in [0, 0.05) is 5.88 Å². The molecule has 0 aliphatic rings. The monoisotopic (exact) mass is 265 g/mol. The first-order valence-corrected chi connectivity index (χ1v) is 6.96. The topological polar surface area (TPSA) is 46.2 Å². The number of sulfonamides is 1. The summed E-state index contributed by atoms with van der Waals surface area (Å²) in [6, 6.07) is 4.26. The van der Waals surface area contributed by atoms with E-state index >= 15 is 0 Å². The van der Waals surface area contributed by atoms with Crippen LogP contribution in [0.5, 0.6) is 0 Å². The fraction of sp³-hybridized carbons (Fsp3) is 0.400. The zero-order valence-electron chi connectivity index (χ0n) is 8.83. The van der Waals surface area contributed by atoms with Crippen LogP contribution in [-0.2, 0) is 10.0 Å². The molecule has 0 heterocycles. The van der Waals surface area contributed by atoms with Crippen LogP contribution < -0.4 is 4.72 Å². The van der Waals surface area contributed by atoms with Crippen molar-refractivity contribution in [2.45, 2.75) is 13.3 Å². The molecule has 0 aromatic heterocycles. The molecule has 0 atom stereocenters. The molecule has 1 aromatic rings. The number of nitrogens with one attached hydrogen (secondary N) is 1. The SMILES string of the molecule is Cc1ccc(F)c(NS(=O)(=O)CCCCl)c1. The molecular weight excluding hydrogens is 253 g/mol. The number of halogens is 2. The first kappa shape index (κ1) is 13.3. The van der Waals surface area contributed by atoms with E-state index in [0.717, 1.165) is 5.56 Å². The number of hydrogen-bond acceptors (Lipinski definition) is 2. The van der Waals surface area contributed by atoms with Crippen molar-refractivity contribution in [3.8, 4) is 0 Å². The van der Waals surface area contributed by atoms with Gasteiger partial charge in [-0.2, -0.15) is 0 Å². The van der Waals surface area contributed by atoms with Gasteiger partial charge in [-0.3, -0.25) is 4.72 Å². The highest BCUT2D eigenvalue weighted by Crippen LogP contribution is 2.17. The third-order valence-electron chi connectivity index (χ3n) is 1.93. The first-order chi connectivity index (χ1) is 7.44. The van der Waals surface area contributed by atoms with Crippen molar-refractivity contribution >= 4 is 27.3 Å². The van der Waals surface area contributed by atoms with Crippen LogP contribution in [0.1, 0.15) is 12.0 Å². The highest BCUT2D eigenvalue weighted by atomic mass is 35.5. The van der Waals surface area contributed by atoms with E-state index in [1.54, 1.807) is 13.0 Å².